The zero-order valence-electron chi connectivity index (χ0n) is 9.19. The fourth-order valence-corrected chi connectivity index (χ4v) is 1.76. The van der Waals surface area contributed by atoms with Crippen molar-refractivity contribution in [3.63, 3.8) is 0 Å². The number of halogens is 1. The quantitative estimate of drug-likeness (QED) is 0.798. The Balaban J connectivity index is 2.05. The van der Waals surface area contributed by atoms with Crippen LogP contribution in [0.25, 0.3) is 0 Å². The molecule has 1 heterocycles. The molecule has 0 radical (unpaired) electrons. The largest absolute Gasteiger partial charge is 0.492 e. The third-order valence-corrected chi connectivity index (χ3v) is 2.66. The Bertz CT molecular complexity index is 426. The van der Waals surface area contributed by atoms with E-state index in [1.807, 2.05) is 49.5 Å². The van der Waals surface area contributed by atoms with Crippen LogP contribution < -0.4 is 4.90 Å². The second-order valence-corrected chi connectivity index (χ2v) is 4.14. The van der Waals surface area contributed by atoms with Crippen LogP contribution in [0.2, 0.25) is 5.02 Å². The average molecular weight is 236 g/mol. The molecule has 16 heavy (non-hydrogen) atoms. The Kier molecular flexibility index (Phi) is 3.52. The average Bonchev–Trinajstić information content (AvgIpc) is 2.30. The lowest BCUT2D eigenvalue weighted by Gasteiger charge is -2.22. The Morgan fingerprint density at radius 1 is 1.44 bits per heavy atom. The van der Waals surface area contributed by atoms with Crippen LogP contribution in [0, 0.1) is 0 Å². The van der Waals surface area contributed by atoms with Crippen molar-refractivity contribution >= 4 is 17.3 Å². The summed E-state index contributed by atoms with van der Waals surface area (Å²) in [7, 11) is 2.02. The maximum atomic E-state index is 5.95. The highest BCUT2D eigenvalue weighted by Gasteiger charge is 2.06. The fourth-order valence-electron chi connectivity index (χ4n) is 1.57. The van der Waals surface area contributed by atoms with E-state index in [4.69, 9.17) is 16.3 Å². The summed E-state index contributed by atoms with van der Waals surface area (Å²) in [4.78, 5) is 2.11. The summed E-state index contributed by atoms with van der Waals surface area (Å²) in [5.41, 5.74) is 1.09. The van der Waals surface area contributed by atoms with E-state index in [0.29, 0.717) is 6.61 Å². The van der Waals surface area contributed by atoms with E-state index >= 15 is 0 Å². The molecule has 0 saturated heterocycles. The first-order valence-electron chi connectivity index (χ1n) is 5.21. The molecule has 0 spiro atoms. The zero-order chi connectivity index (χ0) is 11.4. The van der Waals surface area contributed by atoms with E-state index in [9.17, 15) is 0 Å². The van der Waals surface area contributed by atoms with Gasteiger partial charge < -0.3 is 9.64 Å². The molecular weight excluding hydrogens is 222 g/mol. The van der Waals surface area contributed by atoms with Gasteiger partial charge in [0.2, 0.25) is 0 Å². The molecule has 0 aliphatic carbocycles. The number of allylic oxidation sites excluding steroid dienone is 2. The van der Waals surface area contributed by atoms with Gasteiger partial charge in [-0.25, -0.2) is 0 Å². The number of hydrogen-bond acceptors (Lipinski definition) is 2. The van der Waals surface area contributed by atoms with Crippen LogP contribution in [0.15, 0.2) is 48.3 Å². The molecule has 0 unspecified atom stereocenters. The maximum absolute atomic E-state index is 5.95. The molecule has 0 aromatic heterocycles. The second-order valence-electron chi connectivity index (χ2n) is 3.71. The van der Waals surface area contributed by atoms with Crippen LogP contribution in [-0.2, 0) is 4.74 Å². The molecule has 2 rings (SSSR count). The number of benzene rings is 1. The minimum absolute atomic E-state index is 0.662. The first-order chi connectivity index (χ1) is 7.75. The summed E-state index contributed by atoms with van der Waals surface area (Å²) in [5.74, 6) is 0.977. The summed E-state index contributed by atoms with van der Waals surface area (Å²) in [6.45, 7) is 1.42. The third-order valence-electron chi connectivity index (χ3n) is 2.43. The van der Waals surface area contributed by atoms with Crippen LogP contribution in [0.4, 0.5) is 5.69 Å². The highest BCUT2D eigenvalue weighted by atomic mass is 35.5. The topological polar surface area (TPSA) is 12.5 Å². The molecule has 1 aromatic carbocycles. The predicted molar refractivity (Wildman–Crippen MR) is 67.9 cm³/mol. The summed E-state index contributed by atoms with van der Waals surface area (Å²) in [6.07, 6.45) is 6.00. The van der Waals surface area contributed by atoms with E-state index < -0.39 is 0 Å². The highest BCUT2D eigenvalue weighted by molar-refractivity contribution is 6.30. The van der Waals surface area contributed by atoms with E-state index in [2.05, 4.69) is 4.90 Å². The van der Waals surface area contributed by atoms with E-state index in [1.165, 1.54) is 0 Å². The zero-order valence-corrected chi connectivity index (χ0v) is 9.95. The summed E-state index contributed by atoms with van der Waals surface area (Å²) >= 11 is 5.95. The molecule has 84 valence electrons. The van der Waals surface area contributed by atoms with Gasteiger partial charge in [-0.05, 0) is 30.4 Å². The molecule has 0 amide bonds. The SMILES string of the molecule is CN(CC1=CC=CCO1)c1cccc(Cl)c1. The van der Waals surface area contributed by atoms with Gasteiger partial charge in [0.15, 0.2) is 0 Å². The van der Waals surface area contributed by atoms with Crippen molar-refractivity contribution in [3.05, 3.63) is 53.3 Å². The van der Waals surface area contributed by atoms with Gasteiger partial charge in [-0.3, -0.25) is 0 Å². The van der Waals surface area contributed by atoms with Crippen molar-refractivity contribution < 1.29 is 4.74 Å². The van der Waals surface area contributed by atoms with Crippen molar-refractivity contribution in [2.75, 3.05) is 25.1 Å². The molecule has 0 saturated carbocycles. The highest BCUT2D eigenvalue weighted by Crippen LogP contribution is 2.19. The molecule has 1 aliphatic rings. The van der Waals surface area contributed by atoms with Crippen molar-refractivity contribution in [1.29, 1.82) is 0 Å². The first kappa shape index (κ1) is 11.1. The summed E-state index contributed by atoms with van der Waals surface area (Å²) in [6, 6.07) is 7.80. The lowest BCUT2D eigenvalue weighted by Crippen LogP contribution is -2.21. The number of rotatable bonds is 3. The van der Waals surface area contributed by atoms with Crippen LogP contribution in [-0.4, -0.2) is 20.2 Å². The van der Waals surface area contributed by atoms with Gasteiger partial charge in [-0.2, -0.15) is 0 Å². The monoisotopic (exact) mass is 235 g/mol. The third kappa shape index (κ3) is 2.80. The molecule has 0 bridgehead atoms. The normalized spacial score (nSPS) is 14.2. The standard InChI is InChI=1S/C13H14ClNO/c1-15(10-13-7-2-3-8-16-13)12-6-4-5-11(14)9-12/h2-7,9H,8,10H2,1H3. The molecule has 0 N–H and O–H groups in total. The Hall–Kier alpha value is -1.41. The Morgan fingerprint density at radius 3 is 3.00 bits per heavy atom. The Labute approximate surface area is 101 Å². The van der Waals surface area contributed by atoms with Gasteiger partial charge >= 0.3 is 0 Å². The van der Waals surface area contributed by atoms with Crippen LogP contribution >= 0.6 is 11.6 Å². The lowest BCUT2D eigenvalue weighted by atomic mass is 10.2. The van der Waals surface area contributed by atoms with Crippen molar-refractivity contribution in [1.82, 2.24) is 0 Å². The minimum Gasteiger partial charge on any atom is -0.492 e. The van der Waals surface area contributed by atoms with Crippen LogP contribution in [0.1, 0.15) is 0 Å². The van der Waals surface area contributed by atoms with E-state index in [1.54, 1.807) is 0 Å². The number of ether oxygens (including phenoxy) is 1. The van der Waals surface area contributed by atoms with Gasteiger partial charge in [0, 0.05) is 17.8 Å². The van der Waals surface area contributed by atoms with Gasteiger partial charge in [0.1, 0.15) is 12.4 Å². The smallest absolute Gasteiger partial charge is 0.116 e. The summed E-state index contributed by atoms with van der Waals surface area (Å²) < 4.78 is 5.50. The van der Waals surface area contributed by atoms with Crippen LogP contribution in [0.3, 0.4) is 0 Å². The van der Waals surface area contributed by atoms with Crippen molar-refractivity contribution in [3.8, 4) is 0 Å². The lowest BCUT2D eigenvalue weighted by molar-refractivity contribution is 0.239. The van der Waals surface area contributed by atoms with Gasteiger partial charge in [0.25, 0.3) is 0 Å². The molecule has 1 aliphatic heterocycles. The van der Waals surface area contributed by atoms with Crippen molar-refractivity contribution in [2.45, 2.75) is 0 Å². The molecule has 1 aromatic rings. The molecule has 2 nitrogen and oxygen atoms in total. The van der Waals surface area contributed by atoms with Crippen LogP contribution in [0.5, 0.6) is 0 Å². The number of likely N-dealkylation sites (N-methyl/N-ethyl adjacent to an activating group) is 1. The molecular formula is C13H14ClNO. The molecule has 3 heteroatoms. The number of hydrogen-bond donors (Lipinski definition) is 0. The van der Waals surface area contributed by atoms with E-state index in [0.717, 1.165) is 23.0 Å². The Morgan fingerprint density at radius 2 is 2.31 bits per heavy atom. The maximum Gasteiger partial charge on any atom is 0.116 e. The number of anilines is 1. The molecule has 0 atom stereocenters. The first-order valence-corrected chi connectivity index (χ1v) is 5.59. The van der Waals surface area contributed by atoms with Gasteiger partial charge in [0.05, 0.1) is 6.54 Å². The van der Waals surface area contributed by atoms with Gasteiger partial charge in [-0.15, -0.1) is 0 Å². The van der Waals surface area contributed by atoms with E-state index in [-0.39, 0.29) is 0 Å². The minimum atomic E-state index is 0.662. The van der Waals surface area contributed by atoms with Gasteiger partial charge in [-0.1, -0.05) is 23.7 Å². The summed E-state index contributed by atoms with van der Waals surface area (Å²) in [5, 5.41) is 0.753. The fraction of sp³-hybridized carbons (Fsp3) is 0.231. The predicted octanol–water partition coefficient (Wildman–Crippen LogP) is 3.25. The number of nitrogens with zero attached hydrogens (tertiary/aromatic N) is 1. The van der Waals surface area contributed by atoms with Crippen molar-refractivity contribution in [2.24, 2.45) is 0 Å². The second kappa shape index (κ2) is 5.08. The molecule has 0 fully saturated rings.